The highest BCUT2D eigenvalue weighted by atomic mass is 16.6. The summed E-state index contributed by atoms with van der Waals surface area (Å²) in [5.74, 6) is 0.163. The minimum absolute atomic E-state index is 0.295. The molecule has 9 heteroatoms. The molecule has 0 fully saturated rings. The average molecular weight is 364 g/mol. The molecule has 0 saturated heterocycles. The van der Waals surface area contributed by atoms with Crippen molar-refractivity contribution in [3.8, 4) is 0 Å². The van der Waals surface area contributed by atoms with Gasteiger partial charge in [-0.05, 0) is 47.0 Å². The number of rotatable bonds is 7. The Hall–Kier alpha value is -2.71. The molecule has 0 saturated carbocycles. The lowest BCUT2D eigenvalue weighted by Gasteiger charge is -2.22. The zero-order valence-electron chi connectivity index (χ0n) is 15.4. The second-order valence-electron chi connectivity index (χ2n) is 7.04. The molecule has 1 aromatic heterocycles. The van der Waals surface area contributed by atoms with E-state index in [4.69, 9.17) is 9.26 Å². The molecule has 0 aliphatic carbocycles. The molecule has 9 nitrogen and oxygen atoms in total. The van der Waals surface area contributed by atoms with E-state index in [0.717, 1.165) is 0 Å². The van der Waals surface area contributed by atoms with Crippen LogP contribution in [0, 0.1) is 6.92 Å². The molecule has 0 radical (unpaired) electrons. The van der Waals surface area contributed by atoms with Crippen LogP contribution >= 0.6 is 0 Å². The molecule has 1 N–H and O–H groups in total. The number of nitrogens with one attached hydrogen (secondary N) is 1. The van der Waals surface area contributed by atoms with Gasteiger partial charge in [0, 0.05) is 18.7 Å². The number of hydrogen-bond donors (Lipinski definition) is 1. The number of aromatic nitrogens is 2. The van der Waals surface area contributed by atoms with Crippen molar-refractivity contribution in [1.29, 1.82) is 0 Å². The molecule has 0 bridgehead atoms. The van der Waals surface area contributed by atoms with Crippen LogP contribution < -0.4 is 5.32 Å². The van der Waals surface area contributed by atoms with Crippen LogP contribution in [0.1, 0.15) is 57.8 Å². The standard InChI is InChI=1S/C17H24N4O5/c1-11-18-15(26-20-11)12(19-16(24)25-17(2,3)4)7-5-6-10-21-13(22)8-9-14(21)23/h8-9,12H,5-7,10H2,1-4H3,(H,19,24)/t12-/m0/s1. The Kier molecular flexibility index (Phi) is 6.12. The Morgan fingerprint density at radius 2 is 1.92 bits per heavy atom. The monoisotopic (exact) mass is 364 g/mol. The summed E-state index contributed by atoms with van der Waals surface area (Å²) >= 11 is 0. The third-order valence-electron chi connectivity index (χ3n) is 3.56. The number of carbonyl (C=O) groups is 3. The van der Waals surface area contributed by atoms with Gasteiger partial charge in [0.1, 0.15) is 11.6 Å². The van der Waals surface area contributed by atoms with Crippen molar-refractivity contribution in [3.63, 3.8) is 0 Å². The van der Waals surface area contributed by atoms with Gasteiger partial charge in [0.05, 0.1) is 0 Å². The summed E-state index contributed by atoms with van der Waals surface area (Å²) in [6.07, 6.45) is 3.68. The minimum atomic E-state index is -0.622. The van der Waals surface area contributed by atoms with Crippen molar-refractivity contribution < 1.29 is 23.6 Å². The molecule has 2 heterocycles. The number of alkyl carbamates (subject to hydrolysis) is 1. The van der Waals surface area contributed by atoms with Gasteiger partial charge in [0.25, 0.3) is 11.8 Å². The van der Waals surface area contributed by atoms with Crippen molar-refractivity contribution in [2.45, 2.75) is 58.6 Å². The number of amides is 3. The second-order valence-corrected chi connectivity index (χ2v) is 7.04. The van der Waals surface area contributed by atoms with E-state index in [0.29, 0.717) is 37.5 Å². The van der Waals surface area contributed by atoms with Gasteiger partial charge < -0.3 is 14.6 Å². The maximum Gasteiger partial charge on any atom is 0.408 e. The van der Waals surface area contributed by atoms with E-state index >= 15 is 0 Å². The fraction of sp³-hybridized carbons (Fsp3) is 0.588. The van der Waals surface area contributed by atoms with Crippen LogP contribution in [0.25, 0.3) is 0 Å². The molecule has 1 atom stereocenters. The van der Waals surface area contributed by atoms with Crippen molar-refractivity contribution in [2.24, 2.45) is 0 Å². The number of ether oxygens (including phenoxy) is 1. The van der Waals surface area contributed by atoms with Gasteiger partial charge in [0.15, 0.2) is 5.82 Å². The molecule has 26 heavy (non-hydrogen) atoms. The molecule has 2 rings (SSSR count). The smallest absolute Gasteiger partial charge is 0.408 e. The van der Waals surface area contributed by atoms with Crippen LogP contribution in [0.5, 0.6) is 0 Å². The van der Waals surface area contributed by atoms with Gasteiger partial charge in [-0.1, -0.05) is 5.16 Å². The highest BCUT2D eigenvalue weighted by Gasteiger charge is 2.25. The molecular weight excluding hydrogens is 340 g/mol. The third-order valence-corrected chi connectivity index (χ3v) is 3.56. The third kappa shape index (κ3) is 5.68. The van der Waals surface area contributed by atoms with Crippen LogP contribution in [0.15, 0.2) is 16.7 Å². The van der Waals surface area contributed by atoms with Crippen LogP contribution in [-0.2, 0) is 14.3 Å². The number of carbonyl (C=O) groups excluding carboxylic acids is 3. The fourth-order valence-electron chi connectivity index (χ4n) is 2.43. The predicted octanol–water partition coefficient (Wildman–Crippen LogP) is 2.04. The Labute approximate surface area is 151 Å². The summed E-state index contributed by atoms with van der Waals surface area (Å²) in [6, 6.07) is -0.505. The lowest BCUT2D eigenvalue weighted by Crippen LogP contribution is -2.35. The summed E-state index contributed by atoms with van der Waals surface area (Å²) in [5.41, 5.74) is -0.622. The van der Waals surface area contributed by atoms with Gasteiger partial charge in [-0.25, -0.2) is 4.79 Å². The van der Waals surface area contributed by atoms with Crippen LogP contribution in [0.4, 0.5) is 4.79 Å². The van der Waals surface area contributed by atoms with Gasteiger partial charge in [-0.15, -0.1) is 0 Å². The Morgan fingerprint density at radius 1 is 1.27 bits per heavy atom. The van der Waals surface area contributed by atoms with E-state index in [1.54, 1.807) is 27.7 Å². The average Bonchev–Trinajstić information content (AvgIpc) is 3.08. The number of unbranched alkanes of at least 4 members (excludes halogenated alkanes) is 1. The minimum Gasteiger partial charge on any atom is -0.444 e. The van der Waals surface area contributed by atoms with E-state index < -0.39 is 17.7 Å². The van der Waals surface area contributed by atoms with Crippen LogP contribution in [0.2, 0.25) is 0 Å². The van der Waals surface area contributed by atoms with E-state index in [-0.39, 0.29) is 11.8 Å². The molecule has 1 aliphatic rings. The first-order chi connectivity index (χ1) is 12.2. The summed E-state index contributed by atoms with van der Waals surface area (Å²) in [4.78, 5) is 40.5. The molecular formula is C17H24N4O5. The molecule has 3 amide bonds. The number of aryl methyl sites for hydroxylation is 1. The lowest BCUT2D eigenvalue weighted by molar-refractivity contribution is -0.136. The lowest BCUT2D eigenvalue weighted by atomic mass is 10.1. The molecule has 1 aliphatic heterocycles. The van der Waals surface area contributed by atoms with Crippen molar-refractivity contribution >= 4 is 17.9 Å². The Balaban J connectivity index is 1.89. The summed E-state index contributed by atoms with van der Waals surface area (Å²) in [6.45, 7) is 7.34. The van der Waals surface area contributed by atoms with Gasteiger partial charge in [0.2, 0.25) is 5.89 Å². The SMILES string of the molecule is Cc1noc([C@H](CCCCN2C(=O)C=CC2=O)NC(=O)OC(C)(C)C)n1. The molecule has 0 aromatic carbocycles. The van der Waals surface area contributed by atoms with Gasteiger partial charge >= 0.3 is 6.09 Å². The van der Waals surface area contributed by atoms with E-state index in [1.807, 2.05) is 0 Å². The van der Waals surface area contributed by atoms with E-state index in [9.17, 15) is 14.4 Å². The van der Waals surface area contributed by atoms with E-state index in [1.165, 1.54) is 17.1 Å². The quantitative estimate of drug-likeness (QED) is 0.581. The number of nitrogens with zero attached hydrogens (tertiary/aromatic N) is 3. The highest BCUT2D eigenvalue weighted by molar-refractivity contribution is 6.12. The maximum atomic E-state index is 12.0. The van der Waals surface area contributed by atoms with Crippen LogP contribution in [-0.4, -0.2) is 45.1 Å². The molecule has 1 aromatic rings. The zero-order valence-corrected chi connectivity index (χ0v) is 15.4. The zero-order chi connectivity index (χ0) is 19.3. The highest BCUT2D eigenvalue weighted by Crippen LogP contribution is 2.19. The van der Waals surface area contributed by atoms with Crippen molar-refractivity contribution in [1.82, 2.24) is 20.4 Å². The molecule has 142 valence electrons. The summed E-state index contributed by atoms with van der Waals surface area (Å²) < 4.78 is 10.4. The van der Waals surface area contributed by atoms with Crippen LogP contribution in [0.3, 0.4) is 0 Å². The number of hydrogen-bond acceptors (Lipinski definition) is 7. The largest absolute Gasteiger partial charge is 0.444 e. The first kappa shape index (κ1) is 19.6. The second kappa shape index (κ2) is 8.11. The topological polar surface area (TPSA) is 115 Å². The van der Waals surface area contributed by atoms with E-state index in [2.05, 4.69) is 15.5 Å². The summed E-state index contributed by atoms with van der Waals surface area (Å²) in [7, 11) is 0. The number of imide groups is 1. The first-order valence-electron chi connectivity index (χ1n) is 8.49. The van der Waals surface area contributed by atoms with Crippen molar-refractivity contribution in [2.75, 3.05) is 6.54 Å². The normalized spacial score (nSPS) is 15.5. The molecule has 0 spiro atoms. The Bertz CT molecular complexity index is 686. The molecule has 0 unspecified atom stereocenters. The predicted molar refractivity (Wildman–Crippen MR) is 90.9 cm³/mol. The van der Waals surface area contributed by atoms with Gasteiger partial charge in [-0.3, -0.25) is 14.5 Å². The fourth-order valence-corrected chi connectivity index (χ4v) is 2.43. The first-order valence-corrected chi connectivity index (χ1v) is 8.49. The Morgan fingerprint density at radius 3 is 2.46 bits per heavy atom. The summed E-state index contributed by atoms with van der Waals surface area (Å²) in [5, 5.41) is 6.48. The maximum absolute atomic E-state index is 12.0. The van der Waals surface area contributed by atoms with Crippen molar-refractivity contribution in [3.05, 3.63) is 23.9 Å². The van der Waals surface area contributed by atoms with Gasteiger partial charge in [-0.2, -0.15) is 4.98 Å².